The summed E-state index contributed by atoms with van der Waals surface area (Å²) in [5.41, 5.74) is 4.87. The van der Waals surface area contributed by atoms with Gasteiger partial charge in [0.1, 0.15) is 11.5 Å². The number of ether oxygens (including phenoxy) is 2. The summed E-state index contributed by atoms with van der Waals surface area (Å²) in [6.45, 7) is 6.39. The van der Waals surface area contributed by atoms with Crippen molar-refractivity contribution in [1.82, 2.24) is 15.5 Å². The number of urea groups is 1. The van der Waals surface area contributed by atoms with Crippen LogP contribution in [0.4, 0.5) is 10.5 Å². The van der Waals surface area contributed by atoms with Gasteiger partial charge < -0.3 is 19.3 Å². The van der Waals surface area contributed by atoms with Gasteiger partial charge in [-0.1, -0.05) is 41.1 Å². The largest absolute Gasteiger partial charge is 0.497 e. The average Bonchev–Trinajstić information content (AvgIpc) is 3.39. The molecule has 0 radical (unpaired) electrons. The molecule has 8 nitrogen and oxygen atoms in total. The molecule has 188 valence electrons. The first-order chi connectivity index (χ1) is 18.0. The summed E-state index contributed by atoms with van der Waals surface area (Å²) in [5.74, 6) is 2.23. The van der Waals surface area contributed by atoms with Crippen molar-refractivity contribution in [2.75, 3.05) is 18.6 Å². The molecular weight excluding hydrogens is 468 g/mol. The molecule has 0 saturated heterocycles. The maximum atomic E-state index is 13.4. The second-order valence-electron chi connectivity index (χ2n) is 8.71. The minimum atomic E-state index is -0.521. The Hall–Kier alpha value is -4.59. The van der Waals surface area contributed by atoms with Crippen LogP contribution in [0.25, 0.3) is 17.0 Å². The maximum absolute atomic E-state index is 13.4. The Balaban J connectivity index is 1.63. The van der Waals surface area contributed by atoms with E-state index in [2.05, 4.69) is 10.5 Å². The van der Waals surface area contributed by atoms with Crippen LogP contribution in [-0.2, 0) is 0 Å². The van der Waals surface area contributed by atoms with Gasteiger partial charge >= 0.3 is 6.03 Å². The van der Waals surface area contributed by atoms with Gasteiger partial charge in [0, 0.05) is 11.3 Å². The number of hydrogen-bond acceptors (Lipinski definition) is 6. The molecule has 4 aromatic rings. The molecule has 8 heteroatoms. The molecule has 1 N–H and O–H groups in total. The molecule has 1 aliphatic heterocycles. The number of carbonyl (C=O) groups excluding carboxylic acids is 1. The van der Waals surface area contributed by atoms with Crippen molar-refractivity contribution in [1.29, 1.82) is 0 Å². The summed E-state index contributed by atoms with van der Waals surface area (Å²) in [4.78, 5) is 19.8. The molecule has 1 unspecified atom stereocenters. The van der Waals surface area contributed by atoms with Gasteiger partial charge in [0.05, 0.1) is 31.0 Å². The molecule has 2 heterocycles. The van der Waals surface area contributed by atoms with E-state index in [0.29, 0.717) is 41.0 Å². The summed E-state index contributed by atoms with van der Waals surface area (Å²) in [5, 5.41) is 7.38. The number of benzene rings is 3. The molecule has 0 aliphatic carbocycles. The van der Waals surface area contributed by atoms with Gasteiger partial charge in [0.2, 0.25) is 5.82 Å². The molecule has 5 rings (SSSR count). The van der Waals surface area contributed by atoms with Crippen LogP contribution in [0.5, 0.6) is 11.5 Å². The number of allylic oxidation sites excluding steroid dienone is 1. The normalized spacial score (nSPS) is 15.5. The zero-order valence-electron chi connectivity index (χ0n) is 21.2. The molecule has 2 amide bonds. The van der Waals surface area contributed by atoms with Gasteiger partial charge in [0.25, 0.3) is 5.89 Å². The van der Waals surface area contributed by atoms with Crippen LogP contribution in [0.1, 0.15) is 36.9 Å². The van der Waals surface area contributed by atoms with Crippen molar-refractivity contribution in [3.63, 3.8) is 0 Å². The van der Waals surface area contributed by atoms with E-state index in [1.807, 2.05) is 93.6 Å². The number of anilines is 1. The highest BCUT2D eigenvalue weighted by molar-refractivity contribution is 6.01. The maximum Gasteiger partial charge on any atom is 0.326 e. The molecule has 0 bridgehead atoms. The molecule has 0 saturated carbocycles. The zero-order chi connectivity index (χ0) is 25.9. The van der Waals surface area contributed by atoms with Crippen molar-refractivity contribution in [2.24, 2.45) is 0 Å². The summed E-state index contributed by atoms with van der Waals surface area (Å²) < 4.78 is 16.8. The standard InChI is InChI=1S/C29H28N4O4/c1-5-36-23-14-12-22(13-15-23)33-19(3)25(26(30-29(33)34)20-9-7-11-24(17-20)35-4)28-31-27(32-37-28)21-10-6-8-18(2)16-21/h6-17,26H,5H2,1-4H3,(H,30,34). The number of hydrogen-bond donors (Lipinski definition) is 1. The summed E-state index contributed by atoms with van der Waals surface area (Å²) in [7, 11) is 1.61. The van der Waals surface area contributed by atoms with Crippen LogP contribution >= 0.6 is 0 Å². The number of amides is 2. The molecular formula is C29H28N4O4. The lowest BCUT2D eigenvalue weighted by atomic mass is 9.94. The first-order valence-electron chi connectivity index (χ1n) is 12.1. The quantitative estimate of drug-likeness (QED) is 0.330. The third kappa shape index (κ3) is 4.78. The minimum Gasteiger partial charge on any atom is -0.497 e. The molecule has 1 aliphatic rings. The number of aryl methyl sites for hydroxylation is 1. The number of carbonyl (C=O) groups is 1. The highest BCUT2D eigenvalue weighted by Crippen LogP contribution is 2.40. The van der Waals surface area contributed by atoms with Crippen molar-refractivity contribution in [2.45, 2.75) is 26.8 Å². The van der Waals surface area contributed by atoms with Crippen LogP contribution < -0.4 is 19.7 Å². The van der Waals surface area contributed by atoms with Crippen molar-refractivity contribution in [3.05, 3.63) is 95.5 Å². The van der Waals surface area contributed by atoms with Crippen LogP contribution in [0.3, 0.4) is 0 Å². The Morgan fingerprint density at radius 1 is 1.00 bits per heavy atom. The van der Waals surface area contributed by atoms with Gasteiger partial charge in [-0.3, -0.25) is 4.90 Å². The first kappa shape index (κ1) is 24.1. The second-order valence-corrected chi connectivity index (χ2v) is 8.71. The Morgan fingerprint density at radius 3 is 2.51 bits per heavy atom. The van der Waals surface area contributed by atoms with Crippen LogP contribution in [0.2, 0.25) is 0 Å². The predicted octanol–water partition coefficient (Wildman–Crippen LogP) is 6.15. The van der Waals surface area contributed by atoms with E-state index in [1.54, 1.807) is 12.0 Å². The van der Waals surface area contributed by atoms with E-state index in [-0.39, 0.29) is 6.03 Å². The van der Waals surface area contributed by atoms with Crippen molar-refractivity contribution < 1.29 is 18.8 Å². The van der Waals surface area contributed by atoms with E-state index in [0.717, 1.165) is 22.4 Å². The van der Waals surface area contributed by atoms with Gasteiger partial charge in [-0.15, -0.1) is 0 Å². The smallest absolute Gasteiger partial charge is 0.326 e. The number of aromatic nitrogens is 2. The van der Waals surface area contributed by atoms with Gasteiger partial charge in [-0.05, 0) is 68.8 Å². The monoisotopic (exact) mass is 496 g/mol. The molecule has 1 atom stereocenters. The highest BCUT2D eigenvalue weighted by Gasteiger charge is 2.36. The second kappa shape index (κ2) is 10.2. The number of rotatable bonds is 7. The van der Waals surface area contributed by atoms with Crippen LogP contribution in [0, 0.1) is 6.92 Å². The fourth-order valence-corrected chi connectivity index (χ4v) is 4.49. The third-order valence-corrected chi connectivity index (χ3v) is 6.25. The highest BCUT2D eigenvalue weighted by atomic mass is 16.5. The van der Waals surface area contributed by atoms with Crippen LogP contribution in [-0.4, -0.2) is 29.9 Å². The fraction of sp³-hybridized carbons (Fsp3) is 0.207. The van der Waals surface area contributed by atoms with E-state index in [1.165, 1.54) is 0 Å². The molecule has 3 aromatic carbocycles. The van der Waals surface area contributed by atoms with E-state index in [4.69, 9.17) is 19.0 Å². The lowest BCUT2D eigenvalue weighted by Gasteiger charge is -2.35. The summed E-state index contributed by atoms with van der Waals surface area (Å²) in [6, 6.07) is 22.1. The van der Waals surface area contributed by atoms with Gasteiger partial charge in [-0.2, -0.15) is 4.98 Å². The van der Waals surface area contributed by atoms with Crippen molar-refractivity contribution in [3.8, 4) is 22.9 Å². The minimum absolute atomic E-state index is 0.267. The first-order valence-corrected chi connectivity index (χ1v) is 12.1. The molecule has 0 spiro atoms. The molecule has 1 aromatic heterocycles. The van der Waals surface area contributed by atoms with E-state index in [9.17, 15) is 4.79 Å². The summed E-state index contributed by atoms with van der Waals surface area (Å²) in [6.07, 6.45) is 0. The number of nitrogens with zero attached hydrogens (tertiary/aromatic N) is 3. The lowest BCUT2D eigenvalue weighted by molar-refractivity contribution is 0.244. The van der Waals surface area contributed by atoms with E-state index < -0.39 is 6.04 Å². The predicted molar refractivity (Wildman–Crippen MR) is 141 cm³/mol. The Labute approximate surface area is 215 Å². The lowest BCUT2D eigenvalue weighted by Crippen LogP contribution is -2.46. The SMILES string of the molecule is CCOc1ccc(N2C(=O)NC(c3cccc(OC)c3)C(c3nc(-c4cccc(C)c4)no3)=C2C)cc1. The Kier molecular flexibility index (Phi) is 6.64. The van der Waals surface area contributed by atoms with Gasteiger partial charge in [-0.25, -0.2) is 4.79 Å². The van der Waals surface area contributed by atoms with Crippen molar-refractivity contribution >= 4 is 17.3 Å². The van der Waals surface area contributed by atoms with Crippen LogP contribution in [0.15, 0.2) is 83.0 Å². The average molecular weight is 497 g/mol. The number of nitrogens with one attached hydrogen (secondary N) is 1. The molecule has 0 fully saturated rings. The molecule has 37 heavy (non-hydrogen) atoms. The van der Waals surface area contributed by atoms with E-state index >= 15 is 0 Å². The zero-order valence-corrected chi connectivity index (χ0v) is 21.2. The Morgan fingerprint density at radius 2 is 1.78 bits per heavy atom. The third-order valence-electron chi connectivity index (χ3n) is 6.25. The topological polar surface area (TPSA) is 89.7 Å². The summed E-state index contributed by atoms with van der Waals surface area (Å²) >= 11 is 0. The van der Waals surface area contributed by atoms with Gasteiger partial charge in [0.15, 0.2) is 0 Å². The number of methoxy groups -OCH3 is 1. The Bertz CT molecular complexity index is 1460. The fourth-order valence-electron chi connectivity index (χ4n) is 4.49.